The minimum Gasteiger partial charge on any atom is -0.325 e. The Bertz CT molecular complexity index is 472. The quantitative estimate of drug-likeness (QED) is 0.867. The lowest BCUT2D eigenvalue weighted by molar-refractivity contribution is -0.118. The minimum atomic E-state index is -0.573. The number of aryl methyl sites for hydroxylation is 1. The first-order chi connectivity index (χ1) is 8.01. The van der Waals surface area contributed by atoms with Crippen molar-refractivity contribution < 1.29 is 4.79 Å². The maximum absolute atomic E-state index is 11.8. The zero-order chi connectivity index (χ0) is 13.0. The first-order valence-electron chi connectivity index (χ1n) is 5.78. The number of nitrogens with one attached hydrogen (secondary N) is 1. The van der Waals surface area contributed by atoms with Crippen molar-refractivity contribution >= 4 is 11.6 Å². The van der Waals surface area contributed by atoms with E-state index in [1.54, 1.807) is 0 Å². The highest BCUT2D eigenvalue weighted by atomic mass is 16.1. The molecule has 90 valence electrons. The van der Waals surface area contributed by atoms with Crippen molar-refractivity contribution in [3.8, 4) is 6.07 Å². The largest absolute Gasteiger partial charge is 0.325 e. The molecule has 0 aliphatic carbocycles. The van der Waals surface area contributed by atoms with Crippen LogP contribution < -0.4 is 5.32 Å². The van der Waals surface area contributed by atoms with Gasteiger partial charge in [-0.15, -0.1) is 0 Å². The zero-order valence-corrected chi connectivity index (χ0v) is 10.8. The van der Waals surface area contributed by atoms with E-state index in [-0.39, 0.29) is 5.91 Å². The molecule has 0 aliphatic rings. The van der Waals surface area contributed by atoms with Gasteiger partial charge in [0, 0.05) is 5.69 Å². The van der Waals surface area contributed by atoms with E-state index in [1.807, 2.05) is 45.9 Å². The van der Waals surface area contributed by atoms with Gasteiger partial charge >= 0.3 is 0 Å². The fourth-order valence-corrected chi connectivity index (χ4v) is 1.65. The molecule has 3 nitrogen and oxygen atoms in total. The lowest BCUT2D eigenvalue weighted by Crippen LogP contribution is -2.21. The molecule has 1 aromatic rings. The number of anilines is 1. The first-order valence-corrected chi connectivity index (χ1v) is 5.78. The Labute approximate surface area is 102 Å². The third kappa shape index (κ3) is 2.85. The molecule has 0 heterocycles. The Morgan fingerprint density at radius 2 is 2.00 bits per heavy atom. The summed E-state index contributed by atoms with van der Waals surface area (Å²) in [5.74, 6) is -0.794. The molecule has 0 saturated heterocycles. The van der Waals surface area contributed by atoms with Crippen molar-refractivity contribution in [2.45, 2.75) is 34.1 Å². The summed E-state index contributed by atoms with van der Waals surface area (Å²) in [7, 11) is 0. The molecular formula is C14H18N2O. The lowest BCUT2D eigenvalue weighted by atomic mass is 10.0. The van der Waals surface area contributed by atoms with E-state index in [0.29, 0.717) is 6.42 Å². The summed E-state index contributed by atoms with van der Waals surface area (Å²) < 4.78 is 0. The lowest BCUT2D eigenvalue weighted by Gasteiger charge is -2.13. The number of rotatable bonds is 3. The Hall–Kier alpha value is -1.82. The molecular weight excluding hydrogens is 212 g/mol. The van der Waals surface area contributed by atoms with E-state index in [9.17, 15) is 4.79 Å². The maximum Gasteiger partial charge on any atom is 0.241 e. The molecule has 0 aromatic heterocycles. The molecule has 0 saturated carbocycles. The van der Waals surface area contributed by atoms with Crippen LogP contribution >= 0.6 is 0 Å². The molecule has 0 bridgehead atoms. The Kier molecular flexibility index (Phi) is 4.28. The summed E-state index contributed by atoms with van der Waals surface area (Å²) in [6.45, 7) is 7.88. The number of carbonyl (C=O) groups is 1. The van der Waals surface area contributed by atoms with Crippen LogP contribution in [0.5, 0.6) is 0 Å². The van der Waals surface area contributed by atoms with Gasteiger partial charge in [0.25, 0.3) is 0 Å². The van der Waals surface area contributed by atoms with Gasteiger partial charge in [-0.25, -0.2) is 0 Å². The number of amides is 1. The van der Waals surface area contributed by atoms with Gasteiger partial charge in [0.05, 0.1) is 6.07 Å². The van der Waals surface area contributed by atoms with Crippen LogP contribution in [0.15, 0.2) is 12.1 Å². The highest BCUT2D eigenvalue weighted by molar-refractivity contribution is 5.94. The van der Waals surface area contributed by atoms with Crippen molar-refractivity contribution in [1.29, 1.82) is 5.26 Å². The monoisotopic (exact) mass is 230 g/mol. The molecule has 17 heavy (non-hydrogen) atoms. The average Bonchev–Trinajstić information content (AvgIpc) is 2.31. The average molecular weight is 230 g/mol. The SMILES string of the molecule is CCC(C#N)C(=O)Nc1ccc(C)c(C)c1C. The van der Waals surface area contributed by atoms with Crippen molar-refractivity contribution in [2.24, 2.45) is 5.92 Å². The standard InChI is InChI=1S/C14H18N2O/c1-5-12(8-15)14(17)16-13-7-6-9(2)10(3)11(13)4/h6-7,12H,5H2,1-4H3,(H,16,17). The summed E-state index contributed by atoms with van der Waals surface area (Å²) in [6.07, 6.45) is 0.534. The van der Waals surface area contributed by atoms with Gasteiger partial charge in [0.15, 0.2) is 0 Å². The maximum atomic E-state index is 11.8. The van der Waals surface area contributed by atoms with Crippen molar-refractivity contribution in [2.75, 3.05) is 5.32 Å². The topological polar surface area (TPSA) is 52.9 Å². The molecule has 1 atom stereocenters. The van der Waals surface area contributed by atoms with Gasteiger partial charge in [-0.05, 0) is 49.9 Å². The van der Waals surface area contributed by atoms with Crippen LogP contribution in [0.4, 0.5) is 5.69 Å². The van der Waals surface area contributed by atoms with Crippen LogP contribution in [0, 0.1) is 38.0 Å². The molecule has 1 rings (SSSR count). The second-order valence-electron chi connectivity index (χ2n) is 4.26. The summed E-state index contributed by atoms with van der Waals surface area (Å²) in [4.78, 5) is 11.8. The van der Waals surface area contributed by atoms with Crippen LogP contribution in [-0.2, 0) is 4.79 Å². The predicted molar refractivity (Wildman–Crippen MR) is 68.7 cm³/mol. The molecule has 1 unspecified atom stereocenters. The van der Waals surface area contributed by atoms with E-state index >= 15 is 0 Å². The summed E-state index contributed by atoms with van der Waals surface area (Å²) in [6, 6.07) is 5.87. The first kappa shape index (κ1) is 13.2. The highest BCUT2D eigenvalue weighted by Crippen LogP contribution is 2.22. The van der Waals surface area contributed by atoms with Crippen LogP contribution in [0.2, 0.25) is 0 Å². The van der Waals surface area contributed by atoms with E-state index in [1.165, 1.54) is 11.1 Å². The van der Waals surface area contributed by atoms with Crippen LogP contribution in [0.1, 0.15) is 30.0 Å². The van der Waals surface area contributed by atoms with Gasteiger partial charge in [0.1, 0.15) is 5.92 Å². The van der Waals surface area contributed by atoms with E-state index < -0.39 is 5.92 Å². The number of hydrogen-bond donors (Lipinski definition) is 1. The third-order valence-corrected chi connectivity index (χ3v) is 3.20. The Morgan fingerprint density at radius 3 is 2.53 bits per heavy atom. The fraction of sp³-hybridized carbons (Fsp3) is 0.429. The van der Waals surface area contributed by atoms with E-state index in [0.717, 1.165) is 11.3 Å². The number of benzene rings is 1. The van der Waals surface area contributed by atoms with Crippen molar-refractivity contribution in [3.05, 3.63) is 28.8 Å². The molecule has 1 amide bonds. The van der Waals surface area contributed by atoms with Crippen molar-refractivity contribution in [3.63, 3.8) is 0 Å². The summed E-state index contributed by atoms with van der Waals surface area (Å²) >= 11 is 0. The third-order valence-electron chi connectivity index (χ3n) is 3.20. The normalized spacial score (nSPS) is 11.7. The highest BCUT2D eigenvalue weighted by Gasteiger charge is 2.16. The molecule has 1 aromatic carbocycles. The second kappa shape index (κ2) is 5.49. The van der Waals surface area contributed by atoms with Gasteiger partial charge < -0.3 is 5.32 Å². The van der Waals surface area contributed by atoms with E-state index in [4.69, 9.17) is 5.26 Å². The van der Waals surface area contributed by atoms with E-state index in [2.05, 4.69) is 5.32 Å². The molecule has 0 fully saturated rings. The number of hydrogen-bond acceptors (Lipinski definition) is 2. The van der Waals surface area contributed by atoms with Gasteiger partial charge in [0.2, 0.25) is 5.91 Å². The van der Waals surface area contributed by atoms with Gasteiger partial charge in [-0.1, -0.05) is 13.0 Å². The number of nitrogens with zero attached hydrogens (tertiary/aromatic N) is 1. The predicted octanol–water partition coefficient (Wildman–Crippen LogP) is 3.10. The fourth-order valence-electron chi connectivity index (χ4n) is 1.65. The van der Waals surface area contributed by atoms with Crippen LogP contribution in [0.25, 0.3) is 0 Å². The molecule has 0 aliphatic heterocycles. The Morgan fingerprint density at radius 1 is 1.35 bits per heavy atom. The number of carbonyl (C=O) groups excluding carboxylic acids is 1. The number of nitriles is 1. The van der Waals surface area contributed by atoms with Crippen LogP contribution in [0.3, 0.4) is 0 Å². The molecule has 0 radical (unpaired) electrons. The van der Waals surface area contributed by atoms with Crippen LogP contribution in [-0.4, -0.2) is 5.91 Å². The zero-order valence-electron chi connectivity index (χ0n) is 10.8. The second-order valence-corrected chi connectivity index (χ2v) is 4.26. The van der Waals surface area contributed by atoms with Gasteiger partial charge in [-0.2, -0.15) is 5.26 Å². The minimum absolute atomic E-state index is 0.221. The van der Waals surface area contributed by atoms with Crippen molar-refractivity contribution in [1.82, 2.24) is 0 Å². The molecule has 3 heteroatoms. The van der Waals surface area contributed by atoms with Gasteiger partial charge in [-0.3, -0.25) is 4.79 Å². The summed E-state index contributed by atoms with van der Waals surface area (Å²) in [5.41, 5.74) is 4.23. The molecule has 1 N–H and O–H groups in total. The Balaban J connectivity index is 2.94. The molecule has 0 spiro atoms. The smallest absolute Gasteiger partial charge is 0.241 e. The summed E-state index contributed by atoms with van der Waals surface area (Å²) in [5, 5.41) is 11.7.